The Morgan fingerprint density at radius 2 is 1.88 bits per heavy atom. The molecule has 132 valence electrons. The molecule has 3 rings (SSSR count). The third-order valence-electron chi connectivity index (χ3n) is 5.38. The molecule has 1 heterocycles. The van der Waals surface area contributed by atoms with Gasteiger partial charge in [0.15, 0.2) is 11.5 Å². The maximum Gasteiger partial charge on any atom is 0.289 e. The van der Waals surface area contributed by atoms with E-state index in [0.717, 1.165) is 25.7 Å². The van der Waals surface area contributed by atoms with E-state index in [1.165, 1.54) is 4.90 Å². The zero-order chi connectivity index (χ0) is 17.7. The number of Topliss-reactive ketones (excluding diaryl/α,β-unsaturated/α-hetero) is 1. The lowest BCUT2D eigenvalue weighted by Crippen LogP contribution is -2.42. The first kappa shape index (κ1) is 17.2. The molecule has 1 N–H and O–H groups in total. The van der Waals surface area contributed by atoms with E-state index in [2.05, 4.69) is 0 Å². The number of aliphatic hydroxyl groups is 1. The zero-order valence-electron chi connectivity index (χ0n) is 15.1. The molecule has 1 amide bonds. The van der Waals surface area contributed by atoms with Crippen LogP contribution in [0.25, 0.3) is 0 Å². The SMILES string of the molecule is Cc1c(C(=O)N(C)CC2(O)CCCC2)oc2c1C(=O)CC(C)(C)C2. The van der Waals surface area contributed by atoms with Crippen molar-refractivity contribution in [1.29, 1.82) is 0 Å². The third-order valence-corrected chi connectivity index (χ3v) is 5.38. The number of carbonyl (C=O) groups is 2. The van der Waals surface area contributed by atoms with Crippen LogP contribution in [-0.4, -0.2) is 40.9 Å². The Morgan fingerprint density at radius 3 is 2.50 bits per heavy atom. The quantitative estimate of drug-likeness (QED) is 0.922. The lowest BCUT2D eigenvalue weighted by molar-refractivity contribution is 0.0145. The number of fused-ring (bicyclic) bond motifs is 1. The fourth-order valence-electron chi connectivity index (χ4n) is 4.16. The summed E-state index contributed by atoms with van der Waals surface area (Å²) in [6, 6.07) is 0. The summed E-state index contributed by atoms with van der Waals surface area (Å²) in [5, 5.41) is 10.5. The van der Waals surface area contributed by atoms with Gasteiger partial charge in [-0.2, -0.15) is 0 Å². The predicted molar refractivity (Wildman–Crippen MR) is 90.3 cm³/mol. The molecule has 0 saturated heterocycles. The minimum Gasteiger partial charge on any atom is -0.455 e. The van der Waals surface area contributed by atoms with E-state index in [4.69, 9.17) is 4.42 Å². The highest BCUT2D eigenvalue weighted by atomic mass is 16.4. The highest BCUT2D eigenvalue weighted by molar-refractivity contribution is 6.03. The molecule has 2 aliphatic rings. The van der Waals surface area contributed by atoms with Crippen molar-refractivity contribution >= 4 is 11.7 Å². The average Bonchev–Trinajstić information content (AvgIpc) is 3.01. The number of rotatable bonds is 3. The summed E-state index contributed by atoms with van der Waals surface area (Å²) in [6.45, 7) is 6.16. The van der Waals surface area contributed by atoms with E-state index in [1.54, 1.807) is 14.0 Å². The van der Waals surface area contributed by atoms with Crippen LogP contribution in [0.2, 0.25) is 0 Å². The van der Waals surface area contributed by atoms with Crippen molar-refractivity contribution in [3.05, 3.63) is 22.6 Å². The van der Waals surface area contributed by atoms with Gasteiger partial charge < -0.3 is 14.4 Å². The molecule has 0 aromatic carbocycles. The van der Waals surface area contributed by atoms with Crippen LogP contribution in [0.5, 0.6) is 0 Å². The Labute approximate surface area is 143 Å². The minimum absolute atomic E-state index is 0.0543. The Bertz CT molecular complexity index is 680. The van der Waals surface area contributed by atoms with Crippen LogP contribution >= 0.6 is 0 Å². The fourth-order valence-corrected chi connectivity index (χ4v) is 4.16. The second kappa shape index (κ2) is 5.73. The number of furan rings is 1. The maximum atomic E-state index is 12.8. The molecule has 0 radical (unpaired) electrons. The van der Waals surface area contributed by atoms with Gasteiger partial charge in [0.2, 0.25) is 0 Å². The molecule has 1 fully saturated rings. The van der Waals surface area contributed by atoms with Gasteiger partial charge in [-0.1, -0.05) is 26.7 Å². The molecule has 5 heteroatoms. The first-order valence-corrected chi connectivity index (χ1v) is 8.75. The van der Waals surface area contributed by atoms with Crippen LogP contribution in [0.4, 0.5) is 0 Å². The minimum atomic E-state index is -0.789. The van der Waals surface area contributed by atoms with Crippen molar-refractivity contribution in [3.8, 4) is 0 Å². The number of carbonyl (C=O) groups excluding carboxylic acids is 2. The van der Waals surface area contributed by atoms with Crippen molar-refractivity contribution in [2.45, 2.75) is 64.9 Å². The molecular weight excluding hydrogens is 306 g/mol. The Hall–Kier alpha value is -1.62. The number of likely N-dealkylation sites (N-methyl/N-ethyl adjacent to an activating group) is 1. The number of nitrogens with zero attached hydrogens (tertiary/aromatic N) is 1. The van der Waals surface area contributed by atoms with Gasteiger partial charge in [0.1, 0.15) is 5.76 Å². The molecule has 0 spiro atoms. The third kappa shape index (κ3) is 3.02. The number of hydrogen-bond donors (Lipinski definition) is 1. The summed E-state index contributed by atoms with van der Waals surface area (Å²) in [7, 11) is 1.69. The summed E-state index contributed by atoms with van der Waals surface area (Å²) < 4.78 is 5.83. The van der Waals surface area contributed by atoms with E-state index >= 15 is 0 Å². The molecule has 5 nitrogen and oxygen atoms in total. The van der Waals surface area contributed by atoms with E-state index in [1.807, 2.05) is 13.8 Å². The van der Waals surface area contributed by atoms with Gasteiger partial charge >= 0.3 is 0 Å². The molecule has 0 atom stereocenters. The standard InChI is InChI=1S/C19H27NO4/c1-12-15-13(21)9-18(2,3)10-14(15)24-16(12)17(22)20(4)11-19(23)7-5-6-8-19/h23H,5-11H2,1-4H3. The van der Waals surface area contributed by atoms with Gasteiger partial charge in [-0.3, -0.25) is 9.59 Å². The van der Waals surface area contributed by atoms with E-state index < -0.39 is 5.60 Å². The molecule has 1 aromatic heterocycles. The van der Waals surface area contributed by atoms with Crippen molar-refractivity contribution in [2.75, 3.05) is 13.6 Å². The monoisotopic (exact) mass is 333 g/mol. The van der Waals surface area contributed by atoms with Crippen molar-refractivity contribution in [1.82, 2.24) is 4.90 Å². The van der Waals surface area contributed by atoms with Crippen LogP contribution in [0.15, 0.2) is 4.42 Å². The smallest absolute Gasteiger partial charge is 0.289 e. The van der Waals surface area contributed by atoms with Gasteiger partial charge in [-0.15, -0.1) is 0 Å². The van der Waals surface area contributed by atoms with Crippen LogP contribution in [0.3, 0.4) is 0 Å². The largest absolute Gasteiger partial charge is 0.455 e. The summed E-state index contributed by atoms with van der Waals surface area (Å²) >= 11 is 0. The van der Waals surface area contributed by atoms with Gasteiger partial charge in [-0.25, -0.2) is 0 Å². The van der Waals surface area contributed by atoms with Gasteiger partial charge in [0.25, 0.3) is 5.91 Å². The second-order valence-electron chi connectivity index (χ2n) is 8.39. The van der Waals surface area contributed by atoms with E-state index in [0.29, 0.717) is 36.3 Å². The van der Waals surface area contributed by atoms with Gasteiger partial charge in [-0.05, 0) is 25.2 Å². The highest BCUT2D eigenvalue weighted by Gasteiger charge is 2.39. The van der Waals surface area contributed by atoms with Crippen LogP contribution < -0.4 is 0 Å². The van der Waals surface area contributed by atoms with E-state index in [-0.39, 0.29) is 22.9 Å². The van der Waals surface area contributed by atoms with Crippen molar-refractivity contribution < 1.29 is 19.1 Å². The number of amides is 1. The lowest BCUT2D eigenvalue weighted by Gasteiger charge is -2.28. The molecule has 0 aliphatic heterocycles. The fraction of sp³-hybridized carbons (Fsp3) is 0.684. The topological polar surface area (TPSA) is 70.8 Å². The molecule has 1 aromatic rings. The lowest BCUT2D eigenvalue weighted by atomic mass is 9.76. The Morgan fingerprint density at radius 1 is 1.25 bits per heavy atom. The summed E-state index contributed by atoms with van der Waals surface area (Å²) in [4.78, 5) is 26.7. The van der Waals surface area contributed by atoms with Crippen molar-refractivity contribution in [3.63, 3.8) is 0 Å². The molecule has 2 aliphatic carbocycles. The van der Waals surface area contributed by atoms with Crippen LogP contribution in [0.1, 0.15) is 78.2 Å². The molecule has 0 unspecified atom stereocenters. The average molecular weight is 333 g/mol. The number of hydrogen-bond acceptors (Lipinski definition) is 4. The Balaban J connectivity index is 1.85. The van der Waals surface area contributed by atoms with Crippen molar-refractivity contribution in [2.24, 2.45) is 5.41 Å². The zero-order valence-corrected chi connectivity index (χ0v) is 15.1. The molecule has 0 bridgehead atoms. The van der Waals surface area contributed by atoms with Gasteiger partial charge in [0, 0.05) is 32.0 Å². The normalized spacial score (nSPS) is 21.6. The predicted octanol–water partition coefficient (Wildman–Crippen LogP) is 3.12. The molecule has 1 saturated carbocycles. The summed E-state index contributed by atoms with van der Waals surface area (Å²) in [6.07, 6.45) is 4.59. The maximum absolute atomic E-state index is 12.8. The van der Waals surface area contributed by atoms with Crippen LogP contribution in [0, 0.1) is 12.3 Å². The van der Waals surface area contributed by atoms with E-state index in [9.17, 15) is 14.7 Å². The second-order valence-corrected chi connectivity index (χ2v) is 8.39. The first-order valence-electron chi connectivity index (χ1n) is 8.75. The first-order chi connectivity index (χ1) is 11.1. The summed E-state index contributed by atoms with van der Waals surface area (Å²) in [5.41, 5.74) is 0.300. The van der Waals surface area contributed by atoms with Gasteiger partial charge in [0.05, 0.1) is 11.2 Å². The molecule has 24 heavy (non-hydrogen) atoms. The highest BCUT2D eigenvalue weighted by Crippen LogP contribution is 2.39. The molecular formula is C19H27NO4. The summed E-state index contributed by atoms with van der Waals surface area (Å²) in [5.74, 6) is 0.673. The Kier molecular flexibility index (Phi) is 4.11. The van der Waals surface area contributed by atoms with Crippen LogP contribution in [-0.2, 0) is 6.42 Å². The number of ketones is 1.